The van der Waals surface area contributed by atoms with Crippen molar-refractivity contribution in [1.82, 2.24) is 19.3 Å². The van der Waals surface area contributed by atoms with Gasteiger partial charge >= 0.3 is 0 Å². The molecule has 6 nitrogen and oxygen atoms in total. The minimum Gasteiger partial charge on any atom is -0.237 e. The molecule has 0 bridgehead atoms. The lowest BCUT2D eigenvalue weighted by Crippen LogP contribution is -2.24. The van der Waals surface area contributed by atoms with Crippen molar-refractivity contribution in [1.29, 1.82) is 0 Å². The van der Waals surface area contributed by atoms with Gasteiger partial charge in [-0.05, 0) is 53.4 Å². The van der Waals surface area contributed by atoms with Gasteiger partial charge in [-0.15, -0.1) is 11.3 Å². The Labute approximate surface area is 146 Å². The van der Waals surface area contributed by atoms with E-state index in [4.69, 9.17) is 0 Å². The van der Waals surface area contributed by atoms with Crippen LogP contribution in [0.4, 0.5) is 0 Å². The number of fused-ring (bicyclic) bond motifs is 1. The van der Waals surface area contributed by atoms with Crippen LogP contribution in [0.5, 0.6) is 0 Å². The quantitative estimate of drug-likeness (QED) is 0.629. The largest absolute Gasteiger partial charge is 0.250 e. The van der Waals surface area contributed by atoms with Gasteiger partial charge in [-0.3, -0.25) is 0 Å². The van der Waals surface area contributed by atoms with Gasteiger partial charge in [0, 0.05) is 25.0 Å². The summed E-state index contributed by atoms with van der Waals surface area (Å²) in [5.41, 5.74) is 2.76. The Hall–Kier alpha value is -1.29. The number of sulfonamides is 1. The molecule has 0 atom stereocenters. The van der Waals surface area contributed by atoms with Crippen molar-refractivity contribution in [3.05, 3.63) is 45.6 Å². The molecule has 3 aromatic rings. The molecular formula is C14H15BrN4O2S2. The Balaban J connectivity index is 1.56. The molecule has 0 unspecified atom stereocenters. The SMILES string of the molecule is Cc1cc2ncc(CCCNS(=O)(=O)c3ccc(Br)s3)cn2n1. The van der Waals surface area contributed by atoms with Crippen molar-refractivity contribution in [2.75, 3.05) is 6.54 Å². The summed E-state index contributed by atoms with van der Waals surface area (Å²) < 4.78 is 29.7. The molecule has 0 aromatic carbocycles. The summed E-state index contributed by atoms with van der Waals surface area (Å²) in [6.07, 6.45) is 5.17. The molecule has 1 N–H and O–H groups in total. The first kappa shape index (κ1) is 16.6. The number of nitrogens with zero attached hydrogens (tertiary/aromatic N) is 3. The number of hydrogen-bond acceptors (Lipinski definition) is 5. The molecule has 23 heavy (non-hydrogen) atoms. The van der Waals surface area contributed by atoms with Crippen LogP contribution < -0.4 is 4.72 Å². The van der Waals surface area contributed by atoms with Crippen LogP contribution >= 0.6 is 27.3 Å². The molecular weight excluding hydrogens is 400 g/mol. The summed E-state index contributed by atoms with van der Waals surface area (Å²) >= 11 is 4.47. The van der Waals surface area contributed by atoms with Crippen LogP contribution in [0.3, 0.4) is 0 Å². The molecule has 0 fully saturated rings. The van der Waals surface area contributed by atoms with Crippen LogP contribution in [0.2, 0.25) is 0 Å². The normalized spacial score (nSPS) is 12.1. The van der Waals surface area contributed by atoms with Crippen LogP contribution in [-0.2, 0) is 16.4 Å². The Kier molecular flexibility index (Phi) is 4.81. The van der Waals surface area contributed by atoms with Crippen molar-refractivity contribution < 1.29 is 8.42 Å². The Morgan fingerprint density at radius 2 is 2.22 bits per heavy atom. The first-order valence-corrected chi connectivity index (χ1v) is 10.1. The predicted octanol–water partition coefficient (Wildman–Crippen LogP) is 2.77. The van der Waals surface area contributed by atoms with Crippen LogP contribution in [0, 0.1) is 6.92 Å². The van der Waals surface area contributed by atoms with Crippen molar-refractivity contribution in [3.8, 4) is 0 Å². The number of thiophene rings is 1. The fourth-order valence-corrected chi connectivity index (χ4v) is 5.30. The van der Waals surface area contributed by atoms with Crippen molar-refractivity contribution >= 4 is 42.9 Å². The van der Waals surface area contributed by atoms with Gasteiger partial charge in [-0.2, -0.15) is 5.10 Å². The summed E-state index contributed by atoms with van der Waals surface area (Å²) in [5, 5.41) is 4.32. The van der Waals surface area contributed by atoms with Gasteiger partial charge in [0.1, 0.15) is 4.21 Å². The number of aromatic nitrogens is 3. The highest BCUT2D eigenvalue weighted by atomic mass is 79.9. The highest BCUT2D eigenvalue weighted by molar-refractivity contribution is 9.11. The van der Waals surface area contributed by atoms with E-state index in [0.717, 1.165) is 27.1 Å². The maximum atomic E-state index is 12.1. The number of rotatable bonds is 6. The minimum atomic E-state index is -3.42. The highest BCUT2D eigenvalue weighted by Gasteiger charge is 2.15. The standard InChI is InChI=1S/C14H15BrN4O2S2/c1-10-7-13-16-8-11(9-19(13)18-10)3-2-6-17-23(20,21)14-5-4-12(15)22-14/h4-5,7-9,17H,2-3,6H2,1H3. The van der Waals surface area contributed by atoms with E-state index in [9.17, 15) is 8.42 Å². The number of halogens is 1. The van der Waals surface area contributed by atoms with Crippen LogP contribution in [0.15, 0.2) is 38.6 Å². The maximum absolute atomic E-state index is 12.1. The van der Waals surface area contributed by atoms with Gasteiger partial charge in [0.2, 0.25) is 10.0 Å². The predicted molar refractivity (Wildman–Crippen MR) is 93.3 cm³/mol. The third kappa shape index (κ3) is 3.97. The maximum Gasteiger partial charge on any atom is 0.250 e. The molecule has 0 aliphatic carbocycles. The number of nitrogens with one attached hydrogen (secondary N) is 1. The van der Waals surface area contributed by atoms with Gasteiger partial charge in [0.25, 0.3) is 0 Å². The van der Waals surface area contributed by atoms with Crippen molar-refractivity contribution in [2.45, 2.75) is 24.0 Å². The summed E-state index contributed by atoms with van der Waals surface area (Å²) in [7, 11) is -3.42. The molecule has 122 valence electrons. The molecule has 0 saturated heterocycles. The highest BCUT2D eigenvalue weighted by Crippen LogP contribution is 2.25. The lowest BCUT2D eigenvalue weighted by molar-refractivity contribution is 0.581. The summed E-state index contributed by atoms with van der Waals surface area (Å²) in [4.78, 5) is 4.34. The monoisotopic (exact) mass is 414 g/mol. The van der Waals surface area contributed by atoms with Crippen LogP contribution in [0.25, 0.3) is 5.65 Å². The van der Waals surface area contributed by atoms with E-state index in [2.05, 4.69) is 30.7 Å². The van der Waals surface area contributed by atoms with Gasteiger partial charge in [0.15, 0.2) is 5.65 Å². The van der Waals surface area contributed by atoms with E-state index in [-0.39, 0.29) is 0 Å². The third-order valence-electron chi connectivity index (χ3n) is 3.24. The van der Waals surface area contributed by atoms with E-state index in [0.29, 0.717) is 17.2 Å². The van der Waals surface area contributed by atoms with Crippen molar-refractivity contribution in [2.24, 2.45) is 0 Å². The molecule has 3 rings (SSSR count). The zero-order valence-corrected chi connectivity index (χ0v) is 15.6. The minimum absolute atomic E-state index is 0.319. The number of aryl methyl sites for hydroxylation is 2. The zero-order valence-electron chi connectivity index (χ0n) is 12.4. The van der Waals surface area contributed by atoms with E-state index >= 15 is 0 Å². The molecule has 0 radical (unpaired) electrons. The Morgan fingerprint density at radius 3 is 2.96 bits per heavy atom. The Morgan fingerprint density at radius 1 is 1.39 bits per heavy atom. The lowest BCUT2D eigenvalue weighted by Gasteiger charge is -2.05. The van der Waals surface area contributed by atoms with E-state index in [1.54, 1.807) is 22.8 Å². The van der Waals surface area contributed by atoms with Gasteiger partial charge in [-0.25, -0.2) is 22.6 Å². The summed E-state index contributed by atoms with van der Waals surface area (Å²) in [6, 6.07) is 5.23. The fourth-order valence-electron chi connectivity index (χ4n) is 2.18. The van der Waals surface area contributed by atoms with Gasteiger partial charge in [-0.1, -0.05) is 0 Å². The smallest absolute Gasteiger partial charge is 0.237 e. The van der Waals surface area contributed by atoms with Crippen molar-refractivity contribution in [3.63, 3.8) is 0 Å². The molecule has 3 aromatic heterocycles. The lowest BCUT2D eigenvalue weighted by atomic mass is 10.2. The fraction of sp³-hybridized carbons (Fsp3) is 0.286. The molecule has 0 saturated carbocycles. The second-order valence-electron chi connectivity index (χ2n) is 5.11. The first-order valence-electron chi connectivity index (χ1n) is 7.00. The van der Waals surface area contributed by atoms with E-state index in [1.165, 1.54) is 11.3 Å². The third-order valence-corrected chi connectivity index (χ3v) is 6.81. The molecule has 0 aliphatic rings. The molecule has 0 spiro atoms. The molecule has 3 heterocycles. The topological polar surface area (TPSA) is 76.4 Å². The van der Waals surface area contributed by atoms with E-state index < -0.39 is 10.0 Å². The van der Waals surface area contributed by atoms with Crippen LogP contribution in [0.1, 0.15) is 17.7 Å². The number of hydrogen-bond donors (Lipinski definition) is 1. The molecule has 0 aliphatic heterocycles. The average Bonchev–Trinajstić information content (AvgIpc) is 3.08. The first-order chi connectivity index (χ1) is 10.9. The second-order valence-corrected chi connectivity index (χ2v) is 9.57. The summed E-state index contributed by atoms with van der Waals surface area (Å²) in [6.45, 7) is 2.31. The molecule has 9 heteroatoms. The van der Waals surface area contributed by atoms with Crippen LogP contribution in [-0.4, -0.2) is 29.6 Å². The van der Waals surface area contributed by atoms with Gasteiger partial charge < -0.3 is 0 Å². The molecule has 0 amide bonds. The summed E-state index contributed by atoms with van der Waals surface area (Å²) in [5.74, 6) is 0. The van der Waals surface area contributed by atoms with E-state index in [1.807, 2.05) is 19.2 Å². The second kappa shape index (κ2) is 6.68. The Bertz CT molecular complexity index is 933. The average molecular weight is 415 g/mol. The van der Waals surface area contributed by atoms with Gasteiger partial charge in [0.05, 0.1) is 9.48 Å². The zero-order chi connectivity index (χ0) is 16.4.